The van der Waals surface area contributed by atoms with Crippen LogP contribution in [0, 0.1) is 41.5 Å². The topological polar surface area (TPSA) is 0 Å². The minimum atomic E-state index is -1.31. The predicted octanol–water partition coefficient (Wildman–Crippen LogP) is 8.74. The first-order chi connectivity index (χ1) is 15.6. The number of hydrogen-bond donors (Lipinski definition) is 0. The van der Waals surface area contributed by atoms with Crippen molar-refractivity contribution in [2.75, 3.05) is 0 Å². The quantitative estimate of drug-likeness (QED) is 0.272. The van der Waals surface area contributed by atoms with Crippen molar-refractivity contribution in [3.8, 4) is 22.3 Å². The van der Waals surface area contributed by atoms with Crippen molar-refractivity contribution in [3.63, 3.8) is 0 Å². The summed E-state index contributed by atoms with van der Waals surface area (Å²) in [5, 5.41) is 0. The van der Waals surface area contributed by atoms with Gasteiger partial charge < -0.3 is 0 Å². The van der Waals surface area contributed by atoms with Gasteiger partial charge in [-0.05, 0) is 0 Å². The van der Waals surface area contributed by atoms with Gasteiger partial charge in [-0.2, -0.15) is 0 Å². The molecule has 0 atom stereocenters. The third-order valence-electron chi connectivity index (χ3n) is 6.98. The van der Waals surface area contributed by atoms with Crippen molar-refractivity contribution in [2.24, 2.45) is 0 Å². The summed E-state index contributed by atoms with van der Waals surface area (Å²) in [6.07, 6.45) is 0. The summed E-state index contributed by atoms with van der Waals surface area (Å²) in [5.41, 5.74) is 14.3. The van der Waals surface area contributed by atoms with Crippen LogP contribution in [0.5, 0.6) is 0 Å². The molecule has 0 amide bonds. The second kappa shape index (κ2) is 9.95. The Kier molecular flexibility index (Phi) is 7.97. The minimum absolute atomic E-state index is 0.341. The van der Waals surface area contributed by atoms with Crippen molar-refractivity contribution < 1.29 is 0 Å². The van der Waals surface area contributed by atoms with Crippen LogP contribution in [0.3, 0.4) is 0 Å². The van der Waals surface area contributed by atoms with E-state index in [1.54, 1.807) is 4.40 Å². The van der Waals surface area contributed by atoms with E-state index in [0.29, 0.717) is 0 Å². The molecule has 0 aliphatic carbocycles. The SMILES string of the molecule is Cc1cc(C)c(-c2cccc(-c3c(C)cc(C)cc3C)[c]2[Ge][CH]([Si](C)(C)C)[Si](C)(C)C)c(C)c1. The molecule has 34 heavy (non-hydrogen) atoms. The van der Waals surface area contributed by atoms with E-state index in [-0.39, 0.29) is 15.4 Å². The molecule has 0 spiro atoms. The van der Waals surface area contributed by atoms with E-state index in [2.05, 4.69) is 123 Å². The average molecular weight is 545 g/mol. The molecule has 0 bridgehead atoms. The van der Waals surface area contributed by atoms with E-state index in [1.807, 2.05) is 0 Å². The van der Waals surface area contributed by atoms with Gasteiger partial charge in [0.05, 0.1) is 0 Å². The summed E-state index contributed by atoms with van der Waals surface area (Å²) in [5.74, 6) is 0. The van der Waals surface area contributed by atoms with E-state index in [0.717, 1.165) is 4.00 Å². The van der Waals surface area contributed by atoms with Crippen molar-refractivity contribution in [1.29, 1.82) is 0 Å². The Morgan fingerprint density at radius 1 is 0.559 bits per heavy atom. The van der Waals surface area contributed by atoms with Gasteiger partial charge in [-0.25, -0.2) is 0 Å². The zero-order valence-corrected chi connectivity index (χ0v) is 27.7. The van der Waals surface area contributed by atoms with Crippen molar-refractivity contribution in [1.82, 2.24) is 0 Å². The molecule has 3 rings (SSSR count). The van der Waals surface area contributed by atoms with Gasteiger partial charge in [0, 0.05) is 0 Å². The molecular weight excluding hydrogens is 501 g/mol. The summed E-state index contributed by atoms with van der Waals surface area (Å²) < 4.78 is 2.64. The number of benzene rings is 3. The first-order valence-corrected chi connectivity index (χ1v) is 22.1. The molecule has 3 aromatic rings. The fraction of sp³-hybridized carbons (Fsp3) is 0.419. The maximum absolute atomic E-state index is 2.62. The van der Waals surface area contributed by atoms with Crippen LogP contribution in [-0.4, -0.2) is 31.6 Å². The van der Waals surface area contributed by atoms with E-state index in [4.69, 9.17) is 0 Å². The van der Waals surface area contributed by atoms with Gasteiger partial charge in [-0.3, -0.25) is 0 Å². The van der Waals surface area contributed by atoms with E-state index < -0.39 is 16.1 Å². The molecule has 0 nitrogen and oxygen atoms in total. The van der Waals surface area contributed by atoms with E-state index in [9.17, 15) is 0 Å². The van der Waals surface area contributed by atoms with Crippen LogP contribution < -0.4 is 4.40 Å². The van der Waals surface area contributed by atoms with E-state index >= 15 is 0 Å². The molecule has 0 saturated carbocycles. The zero-order valence-electron chi connectivity index (χ0n) is 23.6. The second-order valence-corrected chi connectivity index (χ2v) is 29.1. The summed E-state index contributed by atoms with van der Waals surface area (Å²) in [6, 6.07) is 16.7. The molecule has 180 valence electrons. The Morgan fingerprint density at radius 2 is 0.882 bits per heavy atom. The summed E-state index contributed by atoms with van der Waals surface area (Å²) in [4.78, 5) is 0. The van der Waals surface area contributed by atoms with Crippen LogP contribution in [0.2, 0.25) is 43.3 Å². The standard InChI is InChI=1S/C31H44GeSi2/c1-20-16-22(3)28(23(4)17-20)26-14-13-15-27(29-24(5)18-21(2)19-25(29)6)30(26)32-31(33(7,8)9)34(10,11)12/h13-19,31H,1-12H3. The molecule has 0 aliphatic heterocycles. The van der Waals surface area contributed by atoms with Crippen molar-refractivity contribution in [2.45, 2.75) is 84.8 Å². The van der Waals surface area contributed by atoms with Crippen molar-refractivity contribution >= 4 is 36.0 Å². The number of aryl methyl sites for hydroxylation is 6. The Bertz CT molecular complexity index is 1070. The van der Waals surface area contributed by atoms with E-state index in [1.165, 1.54) is 55.6 Å². The molecule has 0 N–H and O–H groups in total. The van der Waals surface area contributed by atoms with Gasteiger partial charge in [0.25, 0.3) is 0 Å². The van der Waals surface area contributed by atoms with Gasteiger partial charge in [-0.1, -0.05) is 0 Å². The van der Waals surface area contributed by atoms with Gasteiger partial charge in [-0.15, -0.1) is 0 Å². The molecule has 0 heterocycles. The molecule has 0 aliphatic rings. The average Bonchev–Trinajstić information content (AvgIpc) is 2.63. The van der Waals surface area contributed by atoms with Gasteiger partial charge in [0.15, 0.2) is 0 Å². The molecule has 0 saturated heterocycles. The van der Waals surface area contributed by atoms with Gasteiger partial charge >= 0.3 is 219 Å². The first-order valence-electron chi connectivity index (χ1n) is 12.7. The monoisotopic (exact) mass is 546 g/mol. The summed E-state index contributed by atoms with van der Waals surface area (Å²) in [7, 11) is -2.62. The molecule has 3 aromatic carbocycles. The number of rotatable bonds is 6. The Labute approximate surface area is 218 Å². The second-order valence-electron chi connectivity index (χ2n) is 12.6. The third-order valence-corrected chi connectivity index (χ3v) is 30.4. The maximum atomic E-state index is 2.62. The zero-order chi connectivity index (χ0) is 25.6. The Balaban J connectivity index is 2.41. The van der Waals surface area contributed by atoms with Crippen LogP contribution in [0.15, 0.2) is 42.5 Å². The Hall–Kier alpha value is -1.36. The van der Waals surface area contributed by atoms with Crippen LogP contribution in [0.4, 0.5) is 0 Å². The number of hydrogen-bond acceptors (Lipinski definition) is 0. The molecule has 0 unspecified atom stereocenters. The molecule has 2 radical (unpaired) electrons. The fourth-order valence-electron chi connectivity index (χ4n) is 6.21. The third kappa shape index (κ3) is 5.71. The van der Waals surface area contributed by atoms with Gasteiger partial charge in [0.2, 0.25) is 0 Å². The molecule has 0 aromatic heterocycles. The Morgan fingerprint density at radius 3 is 1.18 bits per heavy atom. The molecule has 3 heteroatoms. The normalized spacial score (nSPS) is 12.5. The van der Waals surface area contributed by atoms with Crippen LogP contribution in [0.25, 0.3) is 22.3 Å². The fourth-order valence-corrected chi connectivity index (χ4v) is 26.6. The van der Waals surface area contributed by atoms with Crippen molar-refractivity contribution in [3.05, 3.63) is 75.8 Å². The predicted molar refractivity (Wildman–Crippen MR) is 162 cm³/mol. The first kappa shape index (κ1) is 27.2. The summed E-state index contributed by atoms with van der Waals surface area (Å²) in [6.45, 7) is 29.4. The van der Waals surface area contributed by atoms with Crippen LogP contribution in [0.1, 0.15) is 33.4 Å². The summed E-state index contributed by atoms with van der Waals surface area (Å²) >= 11 is -0.341. The van der Waals surface area contributed by atoms with Crippen LogP contribution in [-0.2, 0) is 0 Å². The molecule has 0 fully saturated rings. The van der Waals surface area contributed by atoms with Gasteiger partial charge in [0.1, 0.15) is 0 Å². The van der Waals surface area contributed by atoms with Crippen LogP contribution >= 0.6 is 0 Å². The molecular formula is C31H44GeSi2.